The molecule has 2 amide bonds. The molecule has 0 radical (unpaired) electrons. The molecular weight excluding hydrogens is 284 g/mol. The second-order valence-electron chi connectivity index (χ2n) is 6.95. The summed E-state index contributed by atoms with van der Waals surface area (Å²) in [5, 5.41) is 12.0. The van der Waals surface area contributed by atoms with Crippen molar-refractivity contribution < 1.29 is 19.5 Å². The molecule has 2 saturated carbocycles. The molecule has 3 atom stereocenters. The number of hydrogen-bond acceptors (Lipinski definition) is 3. The van der Waals surface area contributed by atoms with E-state index in [-0.39, 0.29) is 35.6 Å². The zero-order valence-corrected chi connectivity index (χ0v) is 12.8. The van der Waals surface area contributed by atoms with Crippen LogP contribution in [0.4, 0.5) is 0 Å². The molecule has 3 fully saturated rings. The Morgan fingerprint density at radius 2 is 1.68 bits per heavy atom. The molecule has 3 rings (SSSR count). The van der Waals surface area contributed by atoms with Gasteiger partial charge in [-0.1, -0.05) is 0 Å². The first-order valence-corrected chi connectivity index (χ1v) is 8.36. The molecule has 0 bridgehead atoms. The number of aliphatic carboxylic acids is 1. The Morgan fingerprint density at radius 3 is 2.32 bits per heavy atom. The minimum absolute atomic E-state index is 0.00987. The van der Waals surface area contributed by atoms with E-state index in [0.717, 1.165) is 38.6 Å². The first kappa shape index (κ1) is 15.3. The van der Waals surface area contributed by atoms with E-state index >= 15 is 0 Å². The molecule has 22 heavy (non-hydrogen) atoms. The lowest BCUT2D eigenvalue weighted by molar-refractivity contribution is -0.142. The third-order valence-electron chi connectivity index (χ3n) is 5.16. The predicted octanol–water partition coefficient (Wildman–Crippen LogP) is 1.00. The first-order chi connectivity index (χ1) is 10.5. The molecule has 1 heterocycles. The number of piperidine rings is 1. The van der Waals surface area contributed by atoms with E-state index in [0.29, 0.717) is 19.4 Å². The van der Waals surface area contributed by atoms with Gasteiger partial charge in [-0.3, -0.25) is 14.4 Å². The number of amides is 2. The Labute approximate surface area is 130 Å². The maximum atomic E-state index is 12.4. The Bertz CT molecular complexity index is 475. The van der Waals surface area contributed by atoms with Gasteiger partial charge in [-0.05, 0) is 44.9 Å². The highest BCUT2D eigenvalue weighted by Crippen LogP contribution is 2.32. The van der Waals surface area contributed by atoms with Gasteiger partial charge in [-0.2, -0.15) is 0 Å². The highest BCUT2D eigenvalue weighted by Gasteiger charge is 2.37. The van der Waals surface area contributed by atoms with Crippen LogP contribution in [0.5, 0.6) is 0 Å². The van der Waals surface area contributed by atoms with Crippen molar-refractivity contribution in [2.75, 3.05) is 13.1 Å². The van der Waals surface area contributed by atoms with E-state index in [2.05, 4.69) is 5.32 Å². The van der Waals surface area contributed by atoms with E-state index in [1.165, 1.54) is 0 Å². The van der Waals surface area contributed by atoms with E-state index < -0.39 is 5.97 Å². The van der Waals surface area contributed by atoms with Gasteiger partial charge in [-0.25, -0.2) is 0 Å². The summed E-state index contributed by atoms with van der Waals surface area (Å²) in [6.45, 7) is 1.29. The van der Waals surface area contributed by atoms with Crippen LogP contribution in [-0.2, 0) is 14.4 Å². The largest absolute Gasteiger partial charge is 0.481 e. The quantitative estimate of drug-likeness (QED) is 0.811. The van der Waals surface area contributed by atoms with Crippen LogP contribution < -0.4 is 5.32 Å². The SMILES string of the molecule is O=C(N[C@H]1CC[C@@H](C(=O)O)C1)C1CCCN(C(=O)C2CC2)C1. The van der Waals surface area contributed by atoms with Gasteiger partial charge < -0.3 is 15.3 Å². The summed E-state index contributed by atoms with van der Waals surface area (Å²) < 4.78 is 0. The minimum Gasteiger partial charge on any atom is -0.481 e. The third kappa shape index (κ3) is 3.42. The van der Waals surface area contributed by atoms with E-state index in [1.807, 2.05) is 4.90 Å². The number of nitrogens with zero attached hydrogens (tertiary/aromatic N) is 1. The number of carbonyl (C=O) groups is 3. The number of carboxylic acids is 1. The van der Waals surface area contributed by atoms with Crippen LogP contribution >= 0.6 is 0 Å². The van der Waals surface area contributed by atoms with Gasteiger partial charge in [0.1, 0.15) is 0 Å². The first-order valence-electron chi connectivity index (χ1n) is 8.36. The van der Waals surface area contributed by atoms with Crippen molar-refractivity contribution in [2.45, 2.75) is 51.0 Å². The van der Waals surface area contributed by atoms with Crippen molar-refractivity contribution in [3.05, 3.63) is 0 Å². The third-order valence-corrected chi connectivity index (χ3v) is 5.16. The van der Waals surface area contributed by atoms with Gasteiger partial charge in [0.15, 0.2) is 0 Å². The Balaban J connectivity index is 1.49. The van der Waals surface area contributed by atoms with Gasteiger partial charge in [0.05, 0.1) is 11.8 Å². The molecule has 1 unspecified atom stereocenters. The zero-order valence-electron chi connectivity index (χ0n) is 12.8. The van der Waals surface area contributed by atoms with Crippen molar-refractivity contribution in [2.24, 2.45) is 17.8 Å². The van der Waals surface area contributed by atoms with Crippen LogP contribution in [0, 0.1) is 17.8 Å². The maximum absolute atomic E-state index is 12.4. The highest BCUT2D eigenvalue weighted by atomic mass is 16.4. The molecule has 2 N–H and O–H groups in total. The second-order valence-corrected chi connectivity index (χ2v) is 6.95. The fourth-order valence-electron chi connectivity index (χ4n) is 3.64. The van der Waals surface area contributed by atoms with Gasteiger partial charge in [0.2, 0.25) is 11.8 Å². The normalized spacial score (nSPS) is 31.8. The number of carboxylic acid groups (broad SMARTS) is 1. The number of rotatable bonds is 4. The van der Waals surface area contributed by atoms with Crippen molar-refractivity contribution in [1.82, 2.24) is 10.2 Å². The van der Waals surface area contributed by atoms with Gasteiger partial charge >= 0.3 is 5.97 Å². The maximum Gasteiger partial charge on any atom is 0.306 e. The summed E-state index contributed by atoms with van der Waals surface area (Å²) in [6, 6.07) is -0.0249. The number of nitrogens with one attached hydrogen (secondary N) is 1. The number of hydrogen-bond donors (Lipinski definition) is 2. The summed E-state index contributed by atoms with van der Waals surface area (Å²) in [5.41, 5.74) is 0. The summed E-state index contributed by atoms with van der Waals surface area (Å²) in [7, 11) is 0. The van der Waals surface area contributed by atoms with E-state index in [4.69, 9.17) is 5.11 Å². The van der Waals surface area contributed by atoms with Gasteiger partial charge in [0, 0.05) is 25.0 Å². The lowest BCUT2D eigenvalue weighted by atomic mass is 9.96. The number of likely N-dealkylation sites (tertiary alicyclic amines) is 1. The van der Waals surface area contributed by atoms with Crippen LogP contribution in [0.2, 0.25) is 0 Å². The Morgan fingerprint density at radius 1 is 0.955 bits per heavy atom. The van der Waals surface area contributed by atoms with Crippen LogP contribution in [0.15, 0.2) is 0 Å². The molecule has 6 nitrogen and oxygen atoms in total. The average Bonchev–Trinajstić information content (AvgIpc) is 3.26. The molecule has 1 saturated heterocycles. The topological polar surface area (TPSA) is 86.7 Å². The Kier molecular flexibility index (Phi) is 4.36. The van der Waals surface area contributed by atoms with Crippen molar-refractivity contribution in [1.29, 1.82) is 0 Å². The molecule has 0 aromatic heterocycles. The minimum atomic E-state index is -0.768. The van der Waals surface area contributed by atoms with Crippen LogP contribution in [0.25, 0.3) is 0 Å². The van der Waals surface area contributed by atoms with Crippen LogP contribution in [0.1, 0.15) is 44.9 Å². The molecule has 0 aromatic carbocycles. The average molecular weight is 308 g/mol. The molecule has 2 aliphatic carbocycles. The van der Waals surface area contributed by atoms with Crippen molar-refractivity contribution in [3.8, 4) is 0 Å². The van der Waals surface area contributed by atoms with Crippen molar-refractivity contribution >= 4 is 17.8 Å². The van der Waals surface area contributed by atoms with E-state index in [1.54, 1.807) is 0 Å². The Hall–Kier alpha value is -1.59. The molecule has 3 aliphatic rings. The molecule has 0 spiro atoms. The summed E-state index contributed by atoms with van der Waals surface area (Å²) in [6.07, 6.45) is 5.57. The molecule has 6 heteroatoms. The lowest BCUT2D eigenvalue weighted by Gasteiger charge is -2.32. The fourth-order valence-corrected chi connectivity index (χ4v) is 3.64. The molecule has 122 valence electrons. The van der Waals surface area contributed by atoms with Gasteiger partial charge in [-0.15, -0.1) is 0 Å². The smallest absolute Gasteiger partial charge is 0.306 e. The van der Waals surface area contributed by atoms with Crippen LogP contribution in [0.3, 0.4) is 0 Å². The standard InChI is InChI=1S/C16H24N2O4/c19-14(17-13-6-5-11(8-13)16(21)22)12-2-1-7-18(9-12)15(20)10-3-4-10/h10-13H,1-9H2,(H,17,19)(H,21,22)/t11-,12?,13+/m1/s1. The predicted molar refractivity (Wildman–Crippen MR) is 78.9 cm³/mol. The highest BCUT2D eigenvalue weighted by molar-refractivity contribution is 5.83. The summed E-state index contributed by atoms with van der Waals surface area (Å²) >= 11 is 0. The van der Waals surface area contributed by atoms with Crippen LogP contribution in [-0.4, -0.2) is 46.9 Å². The number of carbonyl (C=O) groups excluding carboxylic acids is 2. The fraction of sp³-hybridized carbons (Fsp3) is 0.812. The summed E-state index contributed by atoms with van der Waals surface area (Å²) in [5.74, 6) is -0.831. The monoisotopic (exact) mass is 308 g/mol. The molecule has 1 aliphatic heterocycles. The lowest BCUT2D eigenvalue weighted by Crippen LogP contribution is -2.47. The van der Waals surface area contributed by atoms with E-state index in [9.17, 15) is 14.4 Å². The summed E-state index contributed by atoms with van der Waals surface area (Å²) in [4.78, 5) is 37.3. The molecule has 0 aromatic rings. The van der Waals surface area contributed by atoms with Crippen molar-refractivity contribution in [3.63, 3.8) is 0 Å². The second kappa shape index (κ2) is 6.26. The zero-order chi connectivity index (χ0) is 15.7. The van der Waals surface area contributed by atoms with Gasteiger partial charge in [0.25, 0.3) is 0 Å². The molecular formula is C16H24N2O4.